The molecular weight excluding hydrogens is 314 g/mol. The number of anilines is 1. The van der Waals surface area contributed by atoms with Gasteiger partial charge in [0.2, 0.25) is 0 Å². The minimum absolute atomic E-state index is 0.274. The van der Waals surface area contributed by atoms with Crippen LogP contribution in [0.25, 0.3) is 28.6 Å². The van der Waals surface area contributed by atoms with Crippen LogP contribution in [0.1, 0.15) is 5.69 Å². The molecule has 1 N–H and O–H groups in total. The summed E-state index contributed by atoms with van der Waals surface area (Å²) in [5.41, 5.74) is 3.82. The molecule has 1 aromatic heterocycles. The van der Waals surface area contributed by atoms with E-state index < -0.39 is 6.09 Å². The van der Waals surface area contributed by atoms with Gasteiger partial charge in [-0.1, -0.05) is 66.7 Å². The Bertz CT molecular complexity index is 953. The first kappa shape index (κ1) is 15.1. The van der Waals surface area contributed by atoms with Gasteiger partial charge in [0.1, 0.15) is 5.69 Å². The van der Waals surface area contributed by atoms with Crippen molar-refractivity contribution in [3.8, 4) is 22.5 Å². The van der Waals surface area contributed by atoms with Crippen LogP contribution in [0.4, 0.5) is 10.6 Å². The van der Waals surface area contributed by atoms with E-state index in [0.29, 0.717) is 17.2 Å². The molecule has 1 aliphatic heterocycles. The number of carbonyl (C=O) groups is 1. The zero-order valence-electron chi connectivity index (χ0n) is 13.3. The molecule has 0 bridgehead atoms. The summed E-state index contributed by atoms with van der Waals surface area (Å²) in [5, 5.41) is 9.46. The highest BCUT2D eigenvalue weighted by molar-refractivity contribution is 5.91. The molecule has 4 rings (SSSR count). The van der Waals surface area contributed by atoms with E-state index in [0.717, 1.165) is 16.8 Å². The van der Waals surface area contributed by atoms with Crippen molar-refractivity contribution in [1.82, 2.24) is 9.97 Å². The van der Waals surface area contributed by atoms with Crippen molar-refractivity contribution < 1.29 is 9.90 Å². The molecular formula is C20H15N3O2. The Morgan fingerprint density at radius 3 is 2.00 bits per heavy atom. The summed E-state index contributed by atoms with van der Waals surface area (Å²) in [6.45, 7) is 0.274. The second-order valence-corrected chi connectivity index (χ2v) is 5.66. The van der Waals surface area contributed by atoms with E-state index in [1.165, 1.54) is 4.90 Å². The zero-order chi connectivity index (χ0) is 17.2. The highest BCUT2D eigenvalue weighted by Gasteiger charge is 2.24. The number of hydrogen-bond acceptors (Lipinski definition) is 3. The highest BCUT2D eigenvalue weighted by atomic mass is 16.4. The maximum Gasteiger partial charge on any atom is 0.413 e. The molecule has 0 fully saturated rings. The molecule has 0 saturated heterocycles. The van der Waals surface area contributed by atoms with Gasteiger partial charge in [-0.05, 0) is 6.08 Å². The second-order valence-electron chi connectivity index (χ2n) is 5.66. The van der Waals surface area contributed by atoms with Gasteiger partial charge < -0.3 is 5.11 Å². The Morgan fingerprint density at radius 2 is 1.44 bits per heavy atom. The molecule has 0 unspecified atom stereocenters. The number of aromatic nitrogens is 2. The topological polar surface area (TPSA) is 66.3 Å². The lowest BCUT2D eigenvalue weighted by Gasteiger charge is -2.23. The maximum atomic E-state index is 11.5. The lowest BCUT2D eigenvalue weighted by atomic mass is 10.0. The monoisotopic (exact) mass is 329 g/mol. The van der Waals surface area contributed by atoms with Gasteiger partial charge in [0, 0.05) is 17.7 Å². The molecule has 1 aliphatic rings. The second kappa shape index (κ2) is 6.20. The molecule has 2 heterocycles. The fraction of sp³-hybridized carbons (Fsp3) is 0.0500. The predicted molar refractivity (Wildman–Crippen MR) is 97.3 cm³/mol. The fourth-order valence-corrected chi connectivity index (χ4v) is 2.87. The Balaban J connectivity index is 1.98. The van der Waals surface area contributed by atoms with E-state index in [9.17, 15) is 9.90 Å². The predicted octanol–water partition coefficient (Wildman–Crippen LogP) is 4.32. The Labute approximate surface area is 144 Å². The minimum Gasteiger partial charge on any atom is -0.465 e. The molecule has 2 aromatic carbocycles. The van der Waals surface area contributed by atoms with Gasteiger partial charge in [0.25, 0.3) is 0 Å². The van der Waals surface area contributed by atoms with Crippen LogP contribution < -0.4 is 4.90 Å². The van der Waals surface area contributed by atoms with E-state index in [2.05, 4.69) is 0 Å². The lowest BCUT2D eigenvalue weighted by Crippen LogP contribution is -2.32. The summed E-state index contributed by atoms with van der Waals surface area (Å²) >= 11 is 0. The van der Waals surface area contributed by atoms with Crippen molar-refractivity contribution in [3.05, 3.63) is 72.4 Å². The first-order valence-electron chi connectivity index (χ1n) is 7.94. The van der Waals surface area contributed by atoms with Gasteiger partial charge in [-0.25, -0.2) is 14.8 Å². The van der Waals surface area contributed by atoms with Crippen molar-refractivity contribution in [3.63, 3.8) is 0 Å². The van der Waals surface area contributed by atoms with Gasteiger partial charge in [-0.3, -0.25) is 4.90 Å². The average molecular weight is 329 g/mol. The third-order valence-electron chi connectivity index (χ3n) is 4.05. The summed E-state index contributed by atoms with van der Waals surface area (Å²) in [6, 6.07) is 19.5. The van der Waals surface area contributed by atoms with Crippen LogP contribution in [0, 0.1) is 0 Å². The molecule has 122 valence electrons. The first-order chi connectivity index (χ1) is 12.2. The van der Waals surface area contributed by atoms with Crippen LogP contribution in [0.2, 0.25) is 0 Å². The van der Waals surface area contributed by atoms with E-state index in [1.54, 1.807) is 6.08 Å². The average Bonchev–Trinajstić information content (AvgIpc) is 2.67. The number of fused-ring (bicyclic) bond motifs is 1. The van der Waals surface area contributed by atoms with Crippen LogP contribution >= 0.6 is 0 Å². The van der Waals surface area contributed by atoms with Crippen LogP contribution in [-0.4, -0.2) is 27.7 Å². The first-order valence-corrected chi connectivity index (χ1v) is 7.94. The molecule has 0 atom stereocenters. The number of carboxylic acid groups (broad SMARTS) is 1. The van der Waals surface area contributed by atoms with Gasteiger partial charge in [0.05, 0.1) is 11.4 Å². The molecule has 5 nitrogen and oxygen atoms in total. The number of amides is 1. The van der Waals surface area contributed by atoms with Gasteiger partial charge in [0.15, 0.2) is 5.82 Å². The standard InChI is InChI=1S/C20H15N3O2/c24-20(25)23-13-7-12-16-19(23)22-18(15-10-5-2-6-11-15)17(21-16)14-8-3-1-4-9-14/h1-12H,13H2,(H,24,25). The van der Waals surface area contributed by atoms with Crippen LogP contribution in [0.15, 0.2) is 66.7 Å². The van der Waals surface area contributed by atoms with Crippen LogP contribution in [0.3, 0.4) is 0 Å². The van der Waals surface area contributed by atoms with Crippen molar-refractivity contribution in [1.29, 1.82) is 0 Å². The summed E-state index contributed by atoms with van der Waals surface area (Å²) in [7, 11) is 0. The van der Waals surface area contributed by atoms with E-state index in [4.69, 9.17) is 9.97 Å². The Morgan fingerprint density at radius 1 is 0.880 bits per heavy atom. The lowest BCUT2D eigenvalue weighted by molar-refractivity contribution is 0.202. The van der Waals surface area contributed by atoms with Gasteiger partial charge >= 0.3 is 6.09 Å². The molecule has 0 radical (unpaired) electrons. The third-order valence-corrected chi connectivity index (χ3v) is 4.05. The Kier molecular flexibility index (Phi) is 3.74. The van der Waals surface area contributed by atoms with E-state index in [1.807, 2.05) is 66.7 Å². The molecule has 5 heteroatoms. The van der Waals surface area contributed by atoms with Crippen molar-refractivity contribution in [2.24, 2.45) is 0 Å². The van der Waals surface area contributed by atoms with Crippen LogP contribution in [-0.2, 0) is 0 Å². The summed E-state index contributed by atoms with van der Waals surface area (Å²) in [4.78, 5) is 22.2. The Hall–Kier alpha value is -3.47. The normalized spacial score (nSPS) is 12.7. The number of nitrogens with zero attached hydrogens (tertiary/aromatic N) is 3. The maximum absolute atomic E-state index is 11.5. The highest BCUT2D eigenvalue weighted by Crippen LogP contribution is 2.34. The molecule has 0 saturated carbocycles. The van der Waals surface area contributed by atoms with Crippen LogP contribution in [0.5, 0.6) is 0 Å². The number of rotatable bonds is 2. The van der Waals surface area contributed by atoms with Crippen molar-refractivity contribution in [2.45, 2.75) is 0 Å². The smallest absolute Gasteiger partial charge is 0.413 e. The quantitative estimate of drug-likeness (QED) is 0.760. The van der Waals surface area contributed by atoms with Gasteiger partial charge in [-0.15, -0.1) is 0 Å². The minimum atomic E-state index is -1.04. The molecule has 0 aliphatic carbocycles. The summed E-state index contributed by atoms with van der Waals surface area (Å²) < 4.78 is 0. The number of hydrogen-bond donors (Lipinski definition) is 1. The van der Waals surface area contributed by atoms with Crippen molar-refractivity contribution >= 4 is 18.0 Å². The SMILES string of the molecule is O=C(O)N1CC=Cc2nc(-c3ccccc3)c(-c3ccccc3)nc21. The van der Waals surface area contributed by atoms with E-state index >= 15 is 0 Å². The fourth-order valence-electron chi connectivity index (χ4n) is 2.87. The van der Waals surface area contributed by atoms with Crippen molar-refractivity contribution in [2.75, 3.05) is 11.4 Å². The summed E-state index contributed by atoms with van der Waals surface area (Å²) in [5.74, 6) is 0.369. The summed E-state index contributed by atoms with van der Waals surface area (Å²) in [6.07, 6.45) is 2.57. The molecule has 3 aromatic rings. The molecule has 25 heavy (non-hydrogen) atoms. The third kappa shape index (κ3) is 2.76. The van der Waals surface area contributed by atoms with E-state index in [-0.39, 0.29) is 6.54 Å². The molecule has 0 spiro atoms. The molecule has 1 amide bonds. The zero-order valence-corrected chi connectivity index (χ0v) is 13.3. The number of benzene rings is 2. The largest absolute Gasteiger partial charge is 0.465 e. The van der Waals surface area contributed by atoms with Gasteiger partial charge in [-0.2, -0.15) is 0 Å².